The van der Waals surface area contributed by atoms with Crippen molar-refractivity contribution in [3.8, 4) is 0 Å². The standard InChI is InChI=1S/C27H54N4O13.C16H34N2O6/c1-5-16(33)22(39)23(40)17(34)12-28-20(37)7-6-15(31-21(38)8-10-44-11-9-30-27(2,3)4)26(43)29-13-18(35)24(41)25(42)19(36)14-32;1-5-11(19)14(22)15(23)12(20)10-17-13(21)6-8-24-9-7-18-16(2,3)4/h15-19,22-25,30,32-36,39-42H,5-14H2,1-4H3,(H,28,37)(H,29,43)(H,31,38);11-12,14-15,18-20,22-23H,5-10H2,1-4H3,(H,17,21)/t15?,16-,17+,18+,19-,22-,23-,24-,25-;11-,12+,14-,15-/m11/s1. The Hall–Kier alpha value is -2.80. The van der Waals surface area contributed by atoms with Gasteiger partial charge in [0.05, 0.1) is 63.6 Å². The monoisotopic (exact) mass is 993 g/mol. The van der Waals surface area contributed by atoms with Crippen molar-refractivity contribution in [3.05, 3.63) is 0 Å². The molecule has 0 saturated heterocycles. The van der Waals surface area contributed by atoms with Crippen LogP contribution in [0.4, 0.5) is 0 Å². The number of aliphatic hydroxyl groups is 13. The summed E-state index contributed by atoms with van der Waals surface area (Å²) in [6.45, 7) is 15.5. The molecule has 0 saturated carbocycles. The van der Waals surface area contributed by atoms with E-state index in [1.807, 2.05) is 20.8 Å². The van der Waals surface area contributed by atoms with Crippen LogP contribution in [0.25, 0.3) is 0 Å². The minimum atomic E-state index is -1.93. The molecule has 0 fully saturated rings. The van der Waals surface area contributed by atoms with Crippen LogP contribution in [0.1, 0.15) is 93.9 Å². The maximum absolute atomic E-state index is 12.8. The van der Waals surface area contributed by atoms with Gasteiger partial charge in [0.15, 0.2) is 0 Å². The Labute approximate surface area is 400 Å². The molecule has 4 amide bonds. The summed E-state index contributed by atoms with van der Waals surface area (Å²) in [5.74, 6) is -2.44. The zero-order valence-corrected chi connectivity index (χ0v) is 41.1. The van der Waals surface area contributed by atoms with Crippen molar-refractivity contribution in [2.24, 2.45) is 0 Å². The van der Waals surface area contributed by atoms with E-state index in [-0.39, 0.29) is 75.3 Å². The van der Waals surface area contributed by atoms with Crippen molar-refractivity contribution in [1.82, 2.24) is 31.9 Å². The zero-order valence-electron chi connectivity index (χ0n) is 41.1. The largest absolute Gasteiger partial charge is 0.394 e. The molecule has 0 aliphatic heterocycles. The van der Waals surface area contributed by atoms with E-state index in [0.29, 0.717) is 26.3 Å². The normalized spacial score (nSPS) is 17.8. The van der Waals surface area contributed by atoms with Gasteiger partial charge < -0.3 is 108 Å². The molecule has 0 aliphatic rings. The molecule has 68 heavy (non-hydrogen) atoms. The number of carbonyl (C=O) groups is 4. The average Bonchev–Trinajstić information content (AvgIpc) is 3.29. The topological polar surface area (TPSA) is 422 Å². The maximum atomic E-state index is 12.8. The predicted molar refractivity (Wildman–Crippen MR) is 246 cm³/mol. The van der Waals surface area contributed by atoms with Gasteiger partial charge in [-0.15, -0.1) is 0 Å². The van der Waals surface area contributed by atoms with Gasteiger partial charge in [0, 0.05) is 63.1 Å². The minimum absolute atomic E-state index is 0.0215. The molecule has 1 unspecified atom stereocenters. The summed E-state index contributed by atoms with van der Waals surface area (Å²) in [5, 5.41) is 142. The first-order chi connectivity index (χ1) is 31.5. The Morgan fingerprint density at radius 3 is 1.16 bits per heavy atom. The van der Waals surface area contributed by atoms with Crippen molar-refractivity contribution in [2.75, 3.05) is 65.8 Å². The van der Waals surface area contributed by atoms with E-state index < -0.39 is 117 Å². The Morgan fingerprint density at radius 1 is 0.456 bits per heavy atom. The lowest BCUT2D eigenvalue weighted by Gasteiger charge is -2.26. The van der Waals surface area contributed by atoms with Gasteiger partial charge in [-0.3, -0.25) is 19.2 Å². The first-order valence-corrected chi connectivity index (χ1v) is 23.1. The van der Waals surface area contributed by atoms with Crippen molar-refractivity contribution in [2.45, 2.75) is 184 Å². The molecule has 0 bridgehead atoms. The summed E-state index contributed by atoms with van der Waals surface area (Å²) in [4.78, 5) is 49.3. The Kier molecular flexibility index (Phi) is 35.8. The van der Waals surface area contributed by atoms with E-state index in [2.05, 4.69) is 52.7 Å². The molecule has 13 atom stereocenters. The molecule has 19 N–H and O–H groups in total. The van der Waals surface area contributed by atoms with Crippen LogP contribution < -0.4 is 31.9 Å². The molecule has 404 valence electrons. The first-order valence-electron chi connectivity index (χ1n) is 23.1. The van der Waals surface area contributed by atoms with Gasteiger partial charge in [0.25, 0.3) is 0 Å². The van der Waals surface area contributed by atoms with E-state index in [9.17, 15) is 80.5 Å². The van der Waals surface area contributed by atoms with Gasteiger partial charge in [-0.05, 0) is 60.8 Å². The molecule has 0 spiro atoms. The number of rotatable bonds is 35. The molecular weight excluding hydrogens is 904 g/mol. The molecule has 0 heterocycles. The van der Waals surface area contributed by atoms with Crippen LogP contribution in [0.3, 0.4) is 0 Å². The molecule has 25 nitrogen and oxygen atoms in total. The number of amides is 4. The Bertz CT molecular complexity index is 1360. The van der Waals surface area contributed by atoms with Crippen LogP contribution in [0, 0.1) is 0 Å². The van der Waals surface area contributed by atoms with E-state index in [1.54, 1.807) is 13.8 Å². The lowest BCUT2D eigenvalue weighted by Crippen LogP contribution is -2.53. The van der Waals surface area contributed by atoms with Crippen LogP contribution in [-0.4, -0.2) is 246 Å². The lowest BCUT2D eigenvalue weighted by molar-refractivity contribution is -0.132. The highest BCUT2D eigenvalue weighted by atomic mass is 16.5. The first kappa shape index (κ1) is 67.3. The summed E-state index contributed by atoms with van der Waals surface area (Å²) >= 11 is 0. The lowest BCUT2D eigenvalue weighted by atomic mass is 10.0. The van der Waals surface area contributed by atoms with E-state index in [4.69, 9.17) is 14.6 Å². The fourth-order valence-electron chi connectivity index (χ4n) is 5.60. The van der Waals surface area contributed by atoms with Crippen LogP contribution in [0.5, 0.6) is 0 Å². The van der Waals surface area contributed by atoms with Gasteiger partial charge in [0.1, 0.15) is 48.8 Å². The highest BCUT2D eigenvalue weighted by molar-refractivity contribution is 5.88. The summed E-state index contributed by atoms with van der Waals surface area (Å²) in [7, 11) is 0. The number of hydrogen-bond acceptors (Lipinski definition) is 21. The number of nitrogens with one attached hydrogen (secondary N) is 6. The third-order valence-electron chi connectivity index (χ3n) is 10.0. The van der Waals surface area contributed by atoms with Gasteiger partial charge >= 0.3 is 0 Å². The van der Waals surface area contributed by atoms with Crippen LogP contribution >= 0.6 is 0 Å². The fourth-order valence-corrected chi connectivity index (χ4v) is 5.60. The van der Waals surface area contributed by atoms with E-state index in [1.165, 1.54) is 0 Å². The zero-order chi connectivity index (χ0) is 52.8. The fraction of sp³-hybridized carbons (Fsp3) is 0.907. The van der Waals surface area contributed by atoms with E-state index in [0.717, 1.165) is 0 Å². The molecule has 0 radical (unpaired) electrons. The molecule has 0 aliphatic carbocycles. The van der Waals surface area contributed by atoms with Crippen LogP contribution in [-0.2, 0) is 28.7 Å². The van der Waals surface area contributed by atoms with Gasteiger partial charge in [-0.25, -0.2) is 0 Å². The van der Waals surface area contributed by atoms with Crippen molar-refractivity contribution in [3.63, 3.8) is 0 Å². The third-order valence-corrected chi connectivity index (χ3v) is 10.0. The minimum Gasteiger partial charge on any atom is -0.394 e. The SMILES string of the molecule is CC[C@@H](O)[C@@H](O)[C@H](O)[C@@H](O)CNC(=O)CCC(NC(=O)CCOCCNC(C)(C)C)C(=O)NC[C@H](O)[C@@H](O)[C@H](O)[C@H](O)CO.CC[C@@H](O)[C@@H](O)[C@H](O)[C@@H](O)CNC(=O)CCOCCNC(C)(C)C. The molecule has 0 rings (SSSR count). The predicted octanol–water partition coefficient (Wildman–Crippen LogP) is -6.68. The van der Waals surface area contributed by atoms with Gasteiger partial charge in [-0.1, -0.05) is 13.8 Å². The summed E-state index contributed by atoms with van der Waals surface area (Å²) in [6, 6.07) is -1.30. The van der Waals surface area contributed by atoms with Crippen LogP contribution in [0.2, 0.25) is 0 Å². The molecule has 0 aromatic heterocycles. The van der Waals surface area contributed by atoms with Crippen LogP contribution in [0.15, 0.2) is 0 Å². The van der Waals surface area contributed by atoms with Crippen molar-refractivity contribution >= 4 is 23.6 Å². The molecule has 0 aromatic rings. The number of ether oxygens (including phenoxy) is 2. The number of aliphatic hydroxyl groups excluding tert-OH is 13. The number of hydrogen-bond donors (Lipinski definition) is 19. The Morgan fingerprint density at radius 2 is 0.794 bits per heavy atom. The summed E-state index contributed by atoms with van der Waals surface area (Å²) < 4.78 is 10.8. The Balaban J connectivity index is 0. The van der Waals surface area contributed by atoms with Gasteiger partial charge in [-0.2, -0.15) is 0 Å². The van der Waals surface area contributed by atoms with Crippen molar-refractivity contribution in [1.29, 1.82) is 0 Å². The number of carbonyl (C=O) groups excluding carboxylic acids is 4. The maximum Gasteiger partial charge on any atom is 0.242 e. The van der Waals surface area contributed by atoms with Crippen molar-refractivity contribution < 1.29 is 95.0 Å². The second kappa shape index (κ2) is 36.2. The van der Waals surface area contributed by atoms with E-state index >= 15 is 0 Å². The smallest absolute Gasteiger partial charge is 0.242 e. The van der Waals surface area contributed by atoms with Gasteiger partial charge in [0.2, 0.25) is 23.6 Å². The molecule has 25 heteroatoms. The second-order valence-corrected chi connectivity index (χ2v) is 18.4. The quantitative estimate of drug-likeness (QED) is 0.0262. The highest BCUT2D eigenvalue weighted by Crippen LogP contribution is 2.10. The summed E-state index contributed by atoms with van der Waals surface area (Å²) in [5.41, 5.74) is -0.0850. The second-order valence-electron chi connectivity index (χ2n) is 18.4. The highest BCUT2D eigenvalue weighted by Gasteiger charge is 2.33. The molecule has 0 aromatic carbocycles. The summed E-state index contributed by atoms with van der Waals surface area (Å²) in [6.07, 6.45) is -19.3. The third kappa shape index (κ3) is 32.2. The molecular formula is C43H88N6O19. The average molecular weight is 993 g/mol.